The lowest BCUT2D eigenvalue weighted by Gasteiger charge is -2.43. The molecule has 60 heavy (non-hydrogen) atoms. The van der Waals surface area contributed by atoms with E-state index < -0.39 is 35.5 Å². The van der Waals surface area contributed by atoms with Gasteiger partial charge in [-0.1, -0.05) is 29.8 Å². The Morgan fingerprint density at radius 1 is 0.883 bits per heavy atom. The first-order valence-electron chi connectivity index (χ1n) is 21.2. The number of hydrogen-bond acceptors (Lipinski definition) is 12. The highest BCUT2D eigenvalue weighted by molar-refractivity contribution is 6.33. The van der Waals surface area contributed by atoms with E-state index in [0.717, 1.165) is 95.5 Å². The lowest BCUT2D eigenvalue weighted by Crippen LogP contribution is -2.56. The van der Waals surface area contributed by atoms with Gasteiger partial charge in [0.1, 0.15) is 0 Å². The number of esters is 1. The normalized spacial score (nSPS) is 19.9. The lowest BCUT2D eigenvalue weighted by molar-refractivity contribution is -0.145. The van der Waals surface area contributed by atoms with E-state index in [0.29, 0.717) is 58.7 Å². The smallest absolute Gasteiger partial charge is 0.418 e. The summed E-state index contributed by atoms with van der Waals surface area (Å²) < 4.78 is 58.4. The summed E-state index contributed by atoms with van der Waals surface area (Å²) in [6.07, 6.45) is -2.51. The Morgan fingerprint density at radius 2 is 1.58 bits per heavy atom. The van der Waals surface area contributed by atoms with Crippen molar-refractivity contribution in [1.29, 1.82) is 0 Å². The number of likely N-dealkylation sites (tertiary alicyclic amines) is 2. The highest BCUT2D eigenvalue weighted by Crippen LogP contribution is 2.38. The maximum atomic E-state index is 14.1. The van der Waals surface area contributed by atoms with Gasteiger partial charge in [0.05, 0.1) is 42.6 Å². The topological polar surface area (TPSA) is 159 Å². The second kappa shape index (κ2) is 21.8. The number of rotatable bonds is 15. The third kappa shape index (κ3) is 13.1. The standard InChI is InChI=1S/C42H60ClF3N8O6/c43-35-27-30(26-34(39(35)48)42(44,45)46)28-37(60-41(57)54-15-7-32(8-16-54)49-11-6-31-4-1-2-5-36(31)47)40(56)53-19-17-52(18-20-53)33-9-13-51(14-10-33)29-38(55)59-23-3-12-50-21-24-58-25-22-50/h1-2,4-5,26-27,32-33,37,49H,3,6-25,28-29,47-48H2/t37-/m1/s1. The SMILES string of the molecule is Nc1ccccc1CCNC1CCN(C(=O)O[C@H](Cc2cc(Cl)c(N)c(C(F)(F)F)c2)C(=O)N2CCN(C3CCN(CC(=O)OCCCN4CCOCC4)CC3)CC2)CC1. The van der Waals surface area contributed by atoms with Crippen molar-refractivity contribution in [3.8, 4) is 0 Å². The van der Waals surface area contributed by atoms with E-state index in [1.807, 2.05) is 24.3 Å². The Morgan fingerprint density at radius 3 is 2.27 bits per heavy atom. The molecule has 0 unspecified atom stereocenters. The summed E-state index contributed by atoms with van der Waals surface area (Å²) in [5.74, 6) is -0.685. The van der Waals surface area contributed by atoms with Crippen molar-refractivity contribution in [3.05, 3.63) is 58.1 Å². The summed E-state index contributed by atoms with van der Waals surface area (Å²) in [6, 6.07) is 10.3. The predicted octanol–water partition coefficient (Wildman–Crippen LogP) is 3.74. The lowest BCUT2D eigenvalue weighted by atomic mass is 10.0. The van der Waals surface area contributed by atoms with E-state index >= 15 is 0 Å². The van der Waals surface area contributed by atoms with Gasteiger partial charge in [-0.15, -0.1) is 0 Å². The molecular formula is C42H60ClF3N8O6. The number of nitrogen functional groups attached to an aromatic ring is 2. The molecule has 6 rings (SSSR count). The van der Waals surface area contributed by atoms with Crippen molar-refractivity contribution in [2.45, 2.75) is 69.3 Å². The fourth-order valence-corrected chi connectivity index (χ4v) is 8.78. The Kier molecular flexibility index (Phi) is 16.6. The second-order valence-corrected chi connectivity index (χ2v) is 16.6. The molecule has 4 heterocycles. The zero-order valence-corrected chi connectivity index (χ0v) is 35.1. The number of ether oxygens (including phenoxy) is 3. The Labute approximate surface area is 355 Å². The van der Waals surface area contributed by atoms with E-state index in [-0.39, 0.29) is 41.6 Å². The molecule has 2 amide bonds. The Hall–Kier alpha value is -3.87. The highest BCUT2D eigenvalue weighted by atomic mass is 35.5. The number of nitrogens with two attached hydrogens (primary N) is 2. The molecule has 2 aromatic rings. The maximum absolute atomic E-state index is 14.1. The summed E-state index contributed by atoms with van der Waals surface area (Å²) in [4.78, 5) is 50.2. The number of nitrogens with one attached hydrogen (secondary N) is 1. The van der Waals surface area contributed by atoms with Crippen LogP contribution >= 0.6 is 11.6 Å². The minimum atomic E-state index is -4.77. The van der Waals surface area contributed by atoms with Crippen LogP contribution in [-0.2, 0) is 42.8 Å². The number of carbonyl (C=O) groups is 3. The van der Waals surface area contributed by atoms with Gasteiger partial charge in [0.25, 0.3) is 5.91 Å². The molecule has 4 fully saturated rings. The monoisotopic (exact) mass is 864 g/mol. The highest BCUT2D eigenvalue weighted by Gasteiger charge is 2.38. The fraction of sp³-hybridized carbons (Fsp3) is 0.643. The van der Waals surface area contributed by atoms with Crippen LogP contribution in [0.25, 0.3) is 0 Å². The van der Waals surface area contributed by atoms with Crippen molar-refractivity contribution in [3.63, 3.8) is 0 Å². The van der Waals surface area contributed by atoms with E-state index in [1.54, 1.807) is 9.80 Å². The summed E-state index contributed by atoms with van der Waals surface area (Å²) in [5, 5.41) is 3.24. The van der Waals surface area contributed by atoms with Gasteiger partial charge in [0.2, 0.25) is 0 Å². The minimum absolute atomic E-state index is 0.0805. The quantitative estimate of drug-likeness (QED) is 0.136. The number of alkyl halides is 3. The maximum Gasteiger partial charge on any atom is 0.418 e. The molecule has 4 aliphatic heterocycles. The van der Waals surface area contributed by atoms with Gasteiger partial charge in [0.15, 0.2) is 6.10 Å². The molecule has 14 nitrogen and oxygen atoms in total. The van der Waals surface area contributed by atoms with Crippen molar-refractivity contribution in [2.75, 3.05) is 116 Å². The number of halogens is 4. The summed E-state index contributed by atoms with van der Waals surface area (Å²) in [6.45, 7) is 9.79. The number of nitrogens with zero attached hydrogens (tertiary/aromatic N) is 5. The molecule has 1 atom stereocenters. The largest absolute Gasteiger partial charge is 0.465 e. The number of carbonyl (C=O) groups excluding carboxylic acids is 3. The fourth-order valence-electron chi connectivity index (χ4n) is 8.54. The summed E-state index contributed by atoms with van der Waals surface area (Å²) in [7, 11) is 0. The van der Waals surface area contributed by atoms with Crippen molar-refractivity contribution < 1.29 is 41.8 Å². The first-order valence-corrected chi connectivity index (χ1v) is 21.6. The molecule has 0 bridgehead atoms. The van der Waals surface area contributed by atoms with Crippen LogP contribution in [0.5, 0.6) is 0 Å². The van der Waals surface area contributed by atoms with E-state index in [1.165, 1.54) is 6.07 Å². The molecule has 0 saturated carbocycles. The van der Waals surface area contributed by atoms with Crippen LogP contribution in [-0.4, -0.2) is 166 Å². The van der Waals surface area contributed by atoms with Crippen LogP contribution in [0.3, 0.4) is 0 Å². The van der Waals surface area contributed by atoms with Gasteiger partial charge in [-0.2, -0.15) is 13.2 Å². The van der Waals surface area contributed by atoms with Gasteiger partial charge in [-0.3, -0.25) is 24.3 Å². The van der Waals surface area contributed by atoms with Crippen LogP contribution in [0.2, 0.25) is 5.02 Å². The van der Waals surface area contributed by atoms with Gasteiger partial charge < -0.3 is 40.8 Å². The van der Waals surface area contributed by atoms with Gasteiger partial charge >= 0.3 is 18.2 Å². The molecule has 18 heteroatoms. The minimum Gasteiger partial charge on any atom is -0.465 e. The number of benzene rings is 2. The van der Waals surface area contributed by atoms with Crippen LogP contribution in [0.4, 0.5) is 29.3 Å². The Balaban J connectivity index is 0.984. The number of para-hydroxylation sites is 1. The van der Waals surface area contributed by atoms with Crippen LogP contribution < -0.4 is 16.8 Å². The van der Waals surface area contributed by atoms with Crippen LogP contribution in [0, 0.1) is 0 Å². The predicted molar refractivity (Wildman–Crippen MR) is 222 cm³/mol. The third-order valence-electron chi connectivity index (χ3n) is 12.1. The number of piperidine rings is 2. The zero-order valence-electron chi connectivity index (χ0n) is 34.3. The summed E-state index contributed by atoms with van der Waals surface area (Å²) in [5.41, 5.74) is 11.9. The molecule has 0 aliphatic carbocycles. The van der Waals surface area contributed by atoms with Gasteiger partial charge in [-0.25, -0.2) is 4.79 Å². The van der Waals surface area contributed by atoms with E-state index in [2.05, 4.69) is 20.0 Å². The third-order valence-corrected chi connectivity index (χ3v) is 12.4. The zero-order chi connectivity index (χ0) is 42.6. The molecule has 4 saturated heterocycles. The average molecular weight is 865 g/mol. The molecule has 5 N–H and O–H groups in total. The molecule has 2 aromatic carbocycles. The molecule has 4 aliphatic rings. The first-order chi connectivity index (χ1) is 28.8. The van der Waals surface area contributed by atoms with Crippen LogP contribution in [0.15, 0.2) is 36.4 Å². The van der Waals surface area contributed by atoms with E-state index in [4.69, 9.17) is 37.3 Å². The first kappa shape index (κ1) is 45.7. The summed E-state index contributed by atoms with van der Waals surface area (Å²) >= 11 is 6.15. The van der Waals surface area contributed by atoms with Crippen LogP contribution in [0.1, 0.15) is 48.8 Å². The Bertz CT molecular complexity index is 1730. The molecule has 0 radical (unpaired) electrons. The van der Waals surface area contributed by atoms with Crippen molar-refractivity contribution in [1.82, 2.24) is 29.8 Å². The van der Waals surface area contributed by atoms with E-state index in [9.17, 15) is 27.6 Å². The molecular weight excluding hydrogens is 805 g/mol. The number of hydrogen-bond donors (Lipinski definition) is 3. The average Bonchev–Trinajstić information content (AvgIpc) is 3.24. The number of piperazine rings is 1. The molecule has 332 valence electrons. The van der Waals surface area contributed by atoms with Crippen molar-refractivity contribution >= 4 is 40.9 Å². The van der Waals surface area contributed by atoms with Crippen molar-refractivity contribution in [2.24, 2.45) is 0 Å². The molecule has 0 aromatic heterocycles. The number of morpholine rings is 1. The number of amides is 2. The van der Waals surface area contributed by atoms with Gasteiger partial charge in [-0.05, 0) is 74.4 Å². The molecule has 0 spiro atoms. The number of anilines is 2. The second-order valence-electron chi connectivity index (χ2n) is 16.2. The van der Waals surface area contributed by atoms with Gasteiger partial charge in [0, 0.05) is 96.2 Å².